The Kier molecular flexibility index (Phi) is 4.92. The van der Waals surface area contributed by atoms with Gasteiger partial charge in [-0.3, -0.25) is 0 Å². The molecule has 2 heterocycles. The highest BCUT2D eigenvalue weighted by Gasteiger charge is 2.14. The number of benzene rings is 1. The third kappa shape index (κ3) is 4.10. The Morgan fingerprint density at radius 2 is 1.83 bits per heavy atom. The molecule has 6 heteroatoms. The predicted octanol–water partition coefficient (Wildman–Crippen LogP) is 2.88. The summed E-state index contributed by atoms with van der Waals surface area (Å²) >= 11 is 0. The van der Waals surface area contributed by atoms with Crippen molar-refractivity contribution in [2.45, 2.75) is 19.9 Å². The number of nitrogens with zero attached hydrogens (tertiary/aromatic N) is 3. The summed E-state index contributed by atoms with van der Waals surface area (Å²) in [6, 6.07) is 10.5. The summed E-state index contributed by atoms with van der Waals surface area (Å²) < 4.78 is 5.44. The van der Waals surface area contributed by atoms with E-state index in [-0.39, 0.29) is 0 Å². The van der Waals surface area contributed by atoms with Crippen LogP contribution in [0.25, 0.3) is 0 Å². The highest BCUT2D eigenvalue weighted by Crippen LogP contribution is 2.29. The van der Waals surface area contributed by atoms with Gasteiger partial charge in [0.15, 0.2) is 0 Å². The zero-order chi connectivity index (χ0) is 16.1. The van der Waals surface area contributed by atoms with Crippen LogP contribution < -0.4 is 15.5 Å². The van der Waals surface area contributed by atoms with Crippen LogP contribution in [-0.2, 0) is 4.74 Å². The van der Waals surface area contributed by atoms with E-state index in [0.29, 0.717) is 6.04 Å². The molecule has 1 aliphatic heterocycles. The van der Waals surface area contributed by atoms with Crippen molar-refractivity contribution in [3.8, 4) is 0 Å². The molecule has 1 aromatic carbocycles. The minimum atomic E-state index is 0.332. The Balaban J connectivity index is 1.80. The number of ether oxygens (including phenoxy) is 1. The van der Waals surface area contributed by atoms with Gasteiger partial charge >= 0.3 is 0 Å². The Morgan fingerprint density at radius 1 is 1.09 bits per heavy atom. The van der Waals surface area contributed by atoms with Crippen molar-refractivity contribution < 1.29 is 4.74 Å². The second-order valence-electron chi connectivity index (χ2n) is 5.83. The van der Waals surface area contributed by atoms with E-state index in [4.69, 9.17) is 4.74 Å². The van der Waals surface area contributed by atoms with Gasteiger partial charge in [-0.05, 0) is 26.0 Å². The number of rotatable bonds is 5. The average molecular weight is 313 g/mol. The molecule has 0 spiro atoms. The fourth-order valence-corrected chi connectivity index (χ4v) is 2.60. The fraction of sp³-hybridized carbons (Fsp3) is 0.412. The van der Waals surface area contributed by atoms with Crippen LogP contribution in [0.5, 0.6) is 0 Å². The summed E-state index contributed by atoms with van der Waals surface area (Å²) in [6.07, 6.45) is 1.57. The van der Waals surface area contributed by atoms with Crippen molar-refractivity contribution in [3.63, 3.8) is 0 Å². The first kappa shape index (κ1) is 15.6. The van der Waals surface area contributed by atoms with Gasteiger partial charge in [0.05, 0.1) is 24.6 Å². The molecule has 23 heavy (non-hydrogen) atoms. The van der Waals surface area contributed by atoms with Gasteiger partial charge in [0.2, 0.25) is 0 Å². The molecule has 1 fully saturated rings. The van der Waals surface area contributed by atoms with E-state index in [1.807, 2.05) is 12.1 Å². The highest BCUT2D eigenvalue weighted by molar-refractivity contribution is 5.74. The molecule has 1 aromatic heterocycles. The molecular formula is C17H23N5O. The Morgan fingerprint density at radius 3 is 2.61 bits per heavy atom. The van der Waals surface area contributed by atoms with Gasteiger partial charge in [0.25, 0.3) is 0 Å². The smallest absolute Gasteiger partial charge is 0.135 e. The van der Waals surface area contributed by atoms with E-state index >= 15 is 0 Å². The maximum Gasteiger partial charge on any atom is 0.135 e. The van der Waals surface area contributed by atoms with Gasteiger partial charge in [0.1, 0.15) is 18.0 Å². The van der Waals surface area contributed by atoms with Crippen molar-refractivity contribution >= 4 is 23.0 Å². The van der Waals surface area contributed by atoms with Gasteiger partial charge in [0, 0.05) is 25.2 Å². The summed E-state index contributed by atoms with van der Waals surface area (Å²) in [7, 11) is 0. The largest absolute Gasteiger partial charge is 0.378 e. The monoisotopic (exact) mass is 313 g/mol. The lowest BCUT2D eigenvalue weighted by atomic mass is 10.2. The van der Waals surface area contributed by atoms with Crippen molar-refractivity contribution in [1.29, 1.82) is 0 Å². The number of hydrogen-bond acceptors (Lipinski definition) is 6. The average Bonchev–Trinajstić information content (AvgIpc) is 2.56. The molecule has 0 bridgehead atoms. The van der Waals surface area contributed by atoms with Crippen LogP contribution in [0.15, 0.2) is 36.7 Å². The molecular weight excluding hydrogens is 290 g/mol. The molecule has 0 radical (unpaired) electrons. The van der Waals surface area contributed by atoms with Crippen molar-refractivity contribution in [2.75, 3.05) is 41.8 Å². The van der Waals surface area contributed by atoms with Gasteiger partial charge < -0.3 is 20.3 Å². The molecule has 3 rings (SSSR count). The summed E-state index contributed by atoms with van der Waals surface area (Å²) in [5, 5.41) is 6.70. The molecule has 0 atom stereocenters. The summed E-state index contributed by atoms with van der Waals surface area (Å²) in [4.78, 5) is 10.9. The zero-order valence-corrected chi connectivity index (χ0v) is 13.6. The zero-order valence-electron chi connectivity index (χ0n) is 13.6. The van der Waals surface area contributed by atoms with Crippen LogP contribution >= 0.6 is 0 Å². The molecule has 0 aliphatic carbocycles. The number of para-hydroxylation sites is 2. The highest BCUT2D eigenvalue weighted by atomic mass is 16.5. The van der Waals surface area contributed by atoms with Crippen molar-refractivity contribution in [1.82, 2.24) is 9.97 Å². The lowest BCUT2D eigenvalue weighted by Gasteiger charge is -2.30. The standard InChI is InChI=1S/C17H23N5O/c1-13(2)20-16-11-17(19-12-18-16)21-14-5-3-4-6-15(14)22-7-9-23-10-8-22/h3-6,11-13H,7-10H2,1-2H3,(H2,18,19,20,21). The summed E-state index contributed by atoms with van der Waals surface area (Å²) in [5.41, 5.74) is 2.22. The molecule has 2 N–H and O–H groups in total. The summed E-state index contributed by atoms with van der Waals surface area (Å²) in [6.45, 7) is 7.52. The topological polar surface area (TPSA) is 62.3 Å². The maximum absolute atomic E-state index is 5.44. The normalized spacial score (nSPS) is 14.8. The fourth-order valence-electron chi connectivity index (χ4n) is 2.60. The van der Waals surface area contributed by atoms with E-state index in [9.17, 15) is 0 Å². The summed E-state index contributed by atoms with van der Waals surface area (Å²) in [5.74, 6) is 1.60. The second-order valence-corrected chi connectivity index (χ2v) is 5.83. The third-order valence-electron chi connectivity index (χ3n) is 3.62. The van der Waals surface area contributed by atoms with E-state index in [1.54, 1.807) is 6.33 Å². The van der Waals surface area contributed by atoms with E-state index in [2.05, 4.69) is 57.5 Å². The van der Waals surface area contributed by atoms with Crippen LogP contribution in [0, 0.1) is 0 Å². The number of hydrogen-bond donors (Lipinski definition) is 2. The Labute approximate surface area is 136 Å². The van der Waals surface area contributed by atoms with Crippen LogP contribution in [0.2, 0.25) is 0 Å². The Hall–Kier alpha value is -2.34. The molecule has 2 aromatic rings. The van der Waals surface area contributed by atoms with E-state index < -0.39 is 0 Å². The van der Waals surface area contributed by atoms with Crippen LogP contribution in [0.3, 0.4) is 0 Å². The van der Waals surface area contributed by atoms with Gasteiger partial charge in [-0.2, -0.15) is 0 Å². The minimum Gasteiger partial charge on any atom is -0.378 e. The van der Waals surface area contributed by atoms with E-state index in [0.717, 1.165) is 43.6 Å². The number of nitrogens with one attached hydrogen (secondary N) is 2. The van der Waals surface area contributed by atoms with Crippen molar-refractivity contribution in [2.24, 2.45) is 0 Å². The molecule has 0 amide bonds. The molecule has 122 valence electrons. The quantitative estimate of drug-likeness (QED) is 0.885. The Bertz CT molecular complexity index is 640. The van der Waals surface area contributed by atoms with Gasteiger partial charge in [-0.1, -0.05) is 12.1 Å². The van der Waals surface area contributed by atoms with Crippen molar-refractivity contribution in [3.05, 3.63) is 36.7 Å². The van der Waals surface area contributed by atoms with Crippen LogP contribution in [0.4, 0.5) is 23.0 Å². The minimum absolute atomic E-state index is 0.332. The first-order valence-corrected chi connectivity index (χ1v) is 8.00. The van der Waals surface area contributed by atoms with Crippen LogP contribution in [0.1, 0.15) is 13.8 Å². The lowest BCUT2D eigenvalue weighted by molar-refractivity contribution is 0.123. The van der Waals surface area contributed by atoms with Gasteiger partial charge in [-0.25, -0.2) is 9.97 Å². The molecule has 6 nitrogen and oxygen atoms in total. The first-order chi connectivity index (χ1) is 11.2. The number of anilines is 4. The molecule has 0 unspecified atom stereocenters. The SMILES string of the molecule is CC(C)Nc1cc(Nc2ccccc2N2CCOCC2)ncn1. The maximum atomic E-state index is 5.44. The lowest BCUT2D eigenvalue weighted by Crippen LogP contribution is -2.36. The molecule has 0 saturated carbocycles. The predicted molar refractivity (Wildman–Crippen MR) is 93.5 cm³/mol. The van der Waals surface area contributed by atoms with E-state index in [1.165, 1.54) is 5.69 Å². The second kappa shape index (κ2) is 7.28. The number of aromatic nitrogens is 2. The number of morpholine rings is 1. The first-order valence-electron chi connectivity index (χ1n) is 8.00. The molecule has 1 saturated heterocycles. The third-order valence-corrected chi connectivity index (χ3v) is 3.62. The van der Waals surface area contributed by atoms with Crippen LogP contribution in [-0.4, -0.2) is 42.3 Å². The van der Waals surface area contributed by atoms with Gasteiger partial charge in [-0.15, -0.1) is 0 Å². The molecule has 1 aliphatic rings.